The van der Waals surface area contributed by atoms with E-state index in [1.165, 1.54) is 0 Å². The largest absolute Gasteiger partial charge is 0.302 e. The predicted molar refractivity (Wildman–Crippen MR) is 38.6 cm³/mol. The van der Waals surface area contributed by atoms with Crippen LogP contribution in [0.5, 0.6) is 0 Å². The molecule has 0 aromatic rings. The molecule has 13 nitrogen and oxygen atoms in total. The highest BCUT2D eigenvalue weighted by molar-refractivity contribution is 4.36. The van der Waals surface area contributed by atoms with Crippen molar-refractivity contribution < 1.29 is 0 Å². The zero-order chi connectivity index (χ0) is 9.94. The van der Waals surface area contributed by atoms with E-state index >= 15 is 0 Å². The lowest BCUT2D eigenvalue weighted by molar-refractivity contribution is 0.130. The molecule has 0 saturated heterocycles. The van der Waals surface area contributed by atoms with Gasteiger partial charge in [-0.25, -0.2) is 0 Å². The maximum atomic E-state index is 7.97. The van der Waals surface area contributed by atoms with Crippen LogP contribution in [0.4, 0.5) is 0 Å². The molecule has 70 valence electrons. The van der Waals surface area contributed by atoms with Crippen molar-refractivity contribution in [3.05, 3.63) is 20.9 Å². The number of hydrogen-bond acceptors (Lipinski definition) is 6. The highest BCUT2D eigenvalue weighted by Crippen LogP contribution is 1.82. The third-order valence-electron chi connectivity index (χ3n) is 0.568. The molecule has 13 heavy (non-hydrogen) atoms. The van der Waals surface area contributed by atoms with Gasteiger partial charge in [0.25, 0.3) is 0 Å². The summed E-state index contributed by atoms with van der Waals surface area (Å²) in [5.74, 6) is 4.65. The fourth-order valence-corrected chi connectivity index (χ4v) is 0.272. The summed E-state index contributed by atoms with van der Waals surface area (Å²) in [6.07, 6.45) is 0. The van der Waals surface area contributed by atoms with Crippen LogP contribution in [-0.2, 0) is 0 Å². The number of azide groups is 2. The van der Waals surface area contributed by atoms with Crippen LogP contribution in [0.2, 0.25) is 0 Å². The minimum atomic E-state index is 0.542. The van der Waals surface area contributed by atoms with E-state index < -0.39 is 0 Å². The maximum absolute atomic E-state index is 7.97. The minimum Gasteiger partial charge on any atom is -0.302 e. The maximum Gasteiger partial charge on any atom is 0.0705 e. The van der Waals surface area contributed by atoms with Gasteiger partial charge in [-0.15, -0.1) is 11.1 Å². The molecule has 0 aromatic heterocycles. The van der Waals surface area contributed by atoms with Gasteiger partial charge in [-0.2, -0.15) is 15.4 Å². The van der Waals surface area contributed by atoms with Crippen LogP contribution in [0.1, 0.15) is 0 Å². The normalized spacial score (nSPS) is 8.62. The smallest absolute Gasteiger partial charge is 0.0705 e. The lowest BCUT2D eigenvalue weighted by Gasteiger charge is -2.02. The van der Waals surface area contributed by atoms with E-state index in [0.29, 0.717) is 5.23 Å². The van der Waals surface area contributed by atoms with Gasteiger partial charge < -0.3 is 5.84 Å². The molecule has 0 aliphatic rings. The molecule has 13 heteroatoms. The molecule has 5 N–H and O–H groups in total. The molecule has 0 rings (SSSR count). The Labute approximate surface area is 70.6 Å². The Morgan fingerprint density at radius 3 is 2.62 bits per heavy atom. The number of nitrogens with one attached hydrogen (secondary N) is 3. The quantitative estimate of drug-likeness (QED) is 0.108. The molecule has 0 amide bonds. The van der Waals surface area contributed by atoms with Crippen LogP contribution in [0.25, 0.3) is 20.9 Å². The van der Waals surface area contributed by atoms with Crippen LogP contribution in [0, 0.1) is 0 Å². The second-order valence-electron chi connectivity index (χ2n) is 1.21. The third kappa shape index (κ3) is 5.96. The van der Waals surface area contributed by atoms with Gasteiger partial charge in [0.2, 0.25) is 0 Å². The Hall–Kier alpha value is -2.46. The molecule has 0 radical (unpaired) electrons. The summed E-state index contributed by atoms with van der Waals surface area (Å²) in [6, 6.07) is 0. The summed E-state index contributed by atoms with van der Waals surface area (Å²) in [5.41, 5.74) is 21.9. The van der Waals surface area contributed by atoms with Gasteiger partial charge in [0.1, 0.15) is 0 Å². The molecule has 0 atom stereocenters. The average molecular weight is 187 g/mol. The van der Waals surface area contributed by atoms with Crippen LogP contribution in [0.3, 0.4) is 0 Å². The van der Waals surface area contributed by atoms with Gasteiger partial charge >= 0.3 is 0 Å². The lowest BCUT2D eigenvalue weighted by atomic mass is 12.0. The zero-order valence-electron chi connectivity index (χ0n) is 6.10. The molecule has 0 bridgehead atoms. The summed E-state index contributed by atoms with van der Waals surface area (Å²) in [5, 5.41) is 12.2. The highest BCUT2D eigenvalue weighted by Gasteiger charge is 1.99. The first-order valence-corrected chi connectivity index (χ1v) is 2.61. The monoisotopic (exact) mass is 187 g/mol. The van der Waals surface area contributed by atoms with Crippen molar-refractivity contribution in [1.29, 1.82) is 0 Å². The van der Waals surface area contributed by atoms with Crippen molar-refractivity contribution in [2.24, 2.45) is 26.7 Å². The lowest BCUT2D eigenvalue weighted by Crippen LogP contribution is -2.46. The SMILES string of the molecule is [N-]=[N+]=NNNNN(N=NN)N=[N+]=[N-]. The molecule has 0 aromatic carbocycles. The molecule has 0 aliphatic heterocycles. The third-order valence-corrected chi connectivity index (χ3v) is 0.568. The van der Waals surface area contributed by atoms with E-state index in [1.54, 1.807) is 0 Å². The Bertz CT molecular complexity index is 233. The van der Waals surface area contributed by atoms with E-state index in [4.69, 9.17) is 11.1 Å². The zero-order valence-corrected chi connectivity index (χ0v) is 6.10. The fraction of sp³-hybridized carbons (Fsp3) is 0. The standard InChI is InChI=1S/H5N13/c1-4-7-8-9-12-13(10-5-2)11-6-3/h8-9,12H,(H2,2,10). The topological polar surface area (TPSA) is 188 Å². The molecule has 0 unspecified atom stereocenters. The first kappa shape index (κ1) is 10.5. The summed E-state index contributed by atoms with van der Waals surface area (Å²) in [6.45, 7) is 0. The molecule has 0 aliphatic carbocycles. The number of nitrogens with two attached hydrogens (primary N) is 1. The molecular formula is H5N13. The number of hydrazine groups is 3. The summed E-state index contributed by atoms with van der Waals surface area (Å²) in [4.78, 5) is 4.70. The Morgan fingerprint density at radius 2 is 2.08 bits per heavy atom. The second-order valence-corrected chi connectivity index (χ2v) is 1.21. The minimum absolute atomic E-state index is 0.542. The molecule has 0 fully saturated rings. The number of nitrogens with zero attached hydrogens (tertiary/aromatic N) is 9. The summed E-state index contributed by atoms with van der Waals surface area (Å²) in [7, 11) is 0. The van der Waals surface area contributed by atoms with Gasteiger partial charge in [-0.05, 0) is 16.0 Å². The Kier molecular flexibility index (Phi) is 6.20. The summed E-state index contributed by atoms with van der Waals surface area (Å²) >= 11 is 0. The van der Waals surface area contributed by atoms with Gasteiger partial charge in [-0.3, -0.25) is 0 Å². The van der Waals surface area contributed by atoms with Crippen LogP contribution in [-0.4, -0.2) is 5.23 Å². The van der Waals surface area contributed by atoms with Crippen molar-refractivity contribution in [2.45, 2.75) is 0 Å². The van der Waals surface area contributed by atoms with Crippen LogP contribution in [0.15, 0.2) is 20.9 Å². The van der Waals surface area contributed by atoms with E-state index in [-0.39, 0.29) is 0 Å². The van der Waals surface area contributed by atoms with E-state index in [0.717, 1.165) is 0 Å². The first-order valence-electron chi connectivity index (χ1n) is 2.61. The molecule has 0 saturated carbocycles. The average Bonchev–Trinajstić information content (AvgIpc) is 2.13. The van der Waals surface area contributed by atoms with Crippen LogP contribution >= 0.6 is 0 Å². The highest BCUT2D eigenvalue weighted by atomic mass is 16.0. The van der Waals surface area contributed by atoms with Gasteiger partial charge in [0.15, 0.2) is 0 Å². The van der Waals surface area contributed by atoms with Crippen molar-refractivity contribution in [3.63, 3.8) is 0 Å². The van der Waals surface area contributed by atoms with Crippen molar-refractivity contribution in [2.75, 3.05) is 0 Å². The molecule has 0 heterocycles. The van der Waals surface area contributed by atoms with Crippen molar-refractivity contribution >= 4 is 0 Å². The molecule has 0 spiro atoms. The fourth-order valence-electron chi connectivity index (χ4n) is 0.272. The van der Waals surface area contributed by atoms with Crippen molar-refractivity contribution in [1.82, 2.24) is 21.8 Å². The van der Waals surface area contributed by atoms with Crippen LogP contribution < -0.4 is 22.4 Å². The van der Waals surface area contributed by atoms with E-state index in [2.05, 4.69) is 47.6 Å². The van der Waals surface area contributed by atoms with E-state index in [9.17, 15) is 0 Å². The van der Waals surface area contributed by atoms with Gasteiger partial charge in [0, 0.05) is 10.5 Å². The number of hydrogen-bond donors (Lipinski definition) is 4. The van der Waals surface area contributed by atoms with Gasteiger partial charge in [0.05, 0.1) is 5.22 Å². The summed E-state index contributed by atoms with van der Waals surface area (Å²) < 4.78 is 0. The number of rotatable bonds is 6. The first-order chi connectivity index (χ1) is 6.35. The van der Waals surface area contributed by atoms with E-state index in [1.807, 2.05) is 5.53 Å². The Balaban J connectivity index is 3.81. The predicted octanol–water partition coefficient (Wildman–Crippen LogP) is -0.506. The Morgan fingerprint density at radius 1 is 1.31 bits per heavy atom. The van der Waals surface area contributed by atoms with Crippen molar-refractivity contribution in [3.8, 4) is 0 Å². The van der Waals surface area contributed by atoms with Gasteiger partial charge in [-0.1, -0.05) is 5.53 Å². The molecular weight excluding hydrogens is 182 g/mol. The second kappa shape index (κ2) is 7.64.